The highest BCUT2D eigenvalue weighted by Crippen LogP contribution is 2.43. The number of alkyl halides is 6. The Hall–Kier alpha value is -7.57. The molecule has 0 saturated carbocycles. The first-order valence-electron chi connectivity index (χ1n) is 15.7. The SMILES string of the molecule is O=C(Oc1cccc(-c2c[nH]c(=O)c(C(F)(F)F)c2)c1-c1ccc([N+](=O)[O-])cc1)Oc1cccc(-c2c[nH]c(=O)c(C(F)(F)F)c2)c1-c1ccc([N+](=O)[O-])cc1. The molecule has 19 heteroatoms. The second-order valence-electron chi connectivity index (χ2n) is 11.7. The van der Waals surface area contributed by atoms with Gasteiger partial charge in [-0.15, -0.1) is 0 Å². The normalized spacial score (nSPS) is 11.5. The maximum absolute atomic E-state index is 13.7. The molecule has 0 amide bonds. The average molecular weight is 779 g/mol. The van der Waals surface area contributed by atoms with Crippen molar-refractivity contribution in [2.75, 3.05) is 0 Å². The Kier molecular flexibility index (Phi) is 10.0. The molecule has 2 N–H and O–H groups in total. The zero-order chi connectivity index (χ0) is 40.5. The van der Waals surface area contributed by atoms with Gasteiger partial charge in [-0.2, -0.15) is 26.3 Å². The molecule has 0 spiro atoms. The fourth-order valence-corrected chi connectivity index (χ4v) is 5.71. The van der Waals surface area contributed by atoms with Crippen molar-refractivity contribution in [3.05, 3.63) is 162 Å². The molecule has 4 aromatic carbocycles. The van der Waals surface area contributed by atoms with Crippen LogP contribution in [0, 0.1) is 20.2 Å². The van der Waals surface area contributed by atoms with Gasteiger partial charge in [-0.25, -0.2) is 4.79 Å². The maximum atomic E-state index is 13.7. The van der Waals surface area contributed by atoms with E-state index in [2.05, 4.69) is 0 Å². The lowest BCUT2D eigenvalue weighted by atomic mass is 9.93. The molecule has 6 aromatic rings. The summed E-state index contributed by atoms with van der Waals surface area (Å²) in [6.45, 7) is 0. The van der Waals surface area contributed by atoms with E-state index in [4.69, 9.17) is 9.47 Å². The number of aromatic amines is 2. The number of halogens is 6. The lowest BCUT2D eigenvalue weighted by Crippen LogP contribution is -2.21. The van der Waals surface area contributed by atoms with Gasteiger partial charge in [-0.3, -0.25) is 29.8 Å². The third-order valence-electron chi connectivity index (χ3n) is 8.21. The van der Waals surface area contributed by atoms with Crippen molar-refractivity contribution in [2.24, 2.45) is 0 Å². The number of rotatable bonds is 8. The number of aromatic nitrogens is 2. The first-order valence-corrected chi connectivity index (χ1v) is 15.7. The molecule has 0 aliphatic rings. The van der Waals surface area contributed by atoms with Crippen molar-refractivity contribution in [3.8, 4) is 56.0 Å². The average Bonchev–Trinajstić information content (AvgIpc) is 3.14. The Labute approximate surface area is 307 Å². The fourth-order valence-electron chi connectivity index (χ4n) is 5.71. The quantitative estimate of drug-likeness (QED) is 0.0499. The molecule has 0 radical (unpaired) electrons. The summed E-state index contributed by atoms with van der Waals surface area (Å²) in [5.41, 5.74) is -7.02. The van der Waals surface area contributed by atoms with Gasteiger partial charge < -0.3 is 19.4 Å². The number of non-ortho nitro benzene ring substituents is 2. The van der Waals surface area contributed by atoms with E-state index in [1.165, 1.54) is 60.7 Å². The number of hydrogen-bond donors (Lipinski definition) is 2. The number of carbonyl (C=O) groups excluding carboxylic acids is 1. The summed E-state index contributed by atoms with van der Waals surface area (Å²) in [5.74, 6) is -0.686. The number of ether oxygens (including phenoxy) is 2. The first-order chi connectivity index (χ1) is 26.4. The Balaban J connectivity index is 1.47. The van der Waals surface area contributed by atoms with Gasteiger partial charge in [0.1, 0.15) is 22.6 Å². The van der Waals surface area contributed by atoms with Gasteiger partial charge in [0.05, 0.1) is 9.85 Å². The van der Waals surface area contributed by atoms with Crippen LogP contribution in [0.25, 0.3) is 44.5 Å². The lowest BCUT2D eigenvalue weighted by Gasteiger charge is -2.18. The van der Waals surface area contributed by atoms with Crippen molar-refractivity contribution in [1.29, 1.82) is 0 Å². The van der Waals surface area contributed by atoms with Gasteiger partial charge >= 0.3 is 18.5 Å². The summed E-state index contributed by atoms with van der Waals surface area (Å²) in [4.78, 5) is 63.0. The number of nitrogens with one attached hydrogen (secondary N) is 2. The van der Waals surface area contributed by atoms with Crippen LogP contribution in [0.3, 0.4) is 0 Å². The third-order valence-corrected chi connectivity index (χ3v) is 8.21. The van der Waals surface area contributed by atoms with Crippen LogP contribution in [0.1, 0.15) is 11.1 Å². The second kappa shape index (κ2) is 14.7. The summed E-state index contributed by atoms with van der Waals surface area (Å²) in [5, 5.41) is 22.7. The van der Waals surface area contributed by atoms with E-state index in [9.17, 15) is 61.0 Å². The zero-order valence-corrected chi connectivity index (χ0v) is 27.7. The van der Waals surface area contributed by atoms with E-state index < -0.39 is 50.6 Å². The summed E-state index contributed by atoms with van der Waals surface area (Å²) in [6.07, 6.45) is -9.65. The molecule has 2 aromatic heterocycles. The molecule has 0 bridgehead atoms. The van der Waals surface area contributed by atoms with Crippen molar-refractivity contribution >= 4 is 17.5 Å². The molecular weight excluding hydrogens is 758 g/mol. The molecule has 0 aliphatic carbocycles. The molecule has 0 aliphatic heterocycles. The highest BCUT2D eigenvalue weighted by Gasteiger charge is 2.36. The van der Waals surface area contributed by atoms with E-state index in [1.807, 2.05) is 9.97 Å². The van der Waals surface area contributed by atoms with Crippen molar-refractivity contribution in [2.45, 2.75) is 12.4 Å². The van der Waals surface area contributed by atoms with Gasteiger partial charge in [0.2, 0.25) is 0 Å². The Morgan fingerprint density at radius 3 is 1.23 bits per heavy atom. The molecule has 2 heterocycles. The minimum Gasteiger partial charge on any atom is -0.394 e. The molecule has 0 saturated heterocycles. The van der Waals surface area contributed by atoms with Crippen molar-refractivity contribution in [3.63, 3.8) is 0 Å². The zero-order valence-electron chi connectivity index (χ0n) is 27.7. The number of pyridine rings is 2. The number of hydrogen-bond acceptors (Lipinski definition) is 9. The smallest absolute Gasteiger partial charge is 0.394 e. The number of nitro benzene ring substituents is 2. The predicted octanol–water partition coefficient (Wildman–Crippen LogP) is 9.16. The van der Waals surface area contributed by atoms with Crippen LogP contribution in [0.2, 0.25) is 0 Å². The molecule has 13 nitrogen and oxygen atoms in total. The topological polar surface area (TPSA) is 188 Å². The minimum absolute atomic E-state index is 0.0296. The highest BCUT2D eigenvalue weighted by molar-refractivity contribution is 5.91. The van der Waals surface area contributed by atoms with Crippen LogP contribution in [0.15, 0.2) is 119 Å². The van der Waals surface area contributed by atoms with Crippen LogP contribution in [-0.2, 0) is 12.4 Å². The molecular formula is C37H20F6N4O9. The molecule has 0 fully saturated rings. The third kappa shape index (κ3) is 7.86. The van der Waals surface area contributed by atoms with E-state index in [0.29, 0.717) is 12.1 Å². The Morgan fingerprint density at radius 2 is 0.911 bits per heavy atom. The second-order valence-corrected chi connectivity index (χ2v) is 11.7. The van der Waals surface area contributed by atoms with Crippen LogP contribution in [0.5, 0.6) is 11.5 Å². The van der Waals surface area contributed by atoms with E-state index in [1.54, 1.807) is 0 Å². The van der Waals surface area contributed by atoms with E-state index in [0.717, 1.165) is 36.7 Å². The maximum Gasteiger partial charge on any atom is 0.519 e. The summed E-state index contributed by atoms with van der Waals surface area (Å²) in [7, 11) is 0. The number of nitro groups is 2. The van der Waals surface area contributed by atoms with Gasteiger partial charge in [0.25, 0.3) is 22.5 Å². The number of carbonyl (C=O) groups is 1. The van der Waals surface area contributed by atoms with Gasteiger partial charge in [-0.05, 0) is 81.9 Å². The van der Waals surface area contributed by atoms with Crippen LogP contribution < -0.4 is 20.6 Å². The number of benzene rings is 4. The highest BCUT2D eigenvalue weighted by atomic mass is 19.4. The predicted molar refractivity (Wildman–Crippen MR) is 186 cm³/mol. The number of H-pyrrole nitrogens is 2. The van der Waals surface area contributed by atoms with Crippen molar-refractivity contribution in [1.82, 2.24) is 9.97 Å². The summed E-state index contributed by atoms with van der Waals surface area (Å²) >= 11 is 0. The number of nitrogens with zero attached hydrogens (tertiary/aromatic N) is 2. The van der Waals surface area contributed by atoms with Crippen molar-refractivity contribution < 1.29 is 50.5 Å². The Bertz CT molecular complexity index is 2460. The van der Waals surface area contributed by atoms with Crippen LogP contribution in [-0.4, -0.2) is 26.0 Å². The van der Waals surface area contributed by atoms with Gasteiger partial charge in [0.15, 0.2) is 0 Å². The molecule has 6 rings (SSSR count). The standard InChI is InChI=1S/C37H20F6N4O9/c38-36(39,40)27-15-21(17-44-33(27)48)25-3-1-5-29(31(25)19-7-11-23(12-8-19)46(51)52)55-35(50)56-30-6-2-4-26(22-16-28(37(41,42)43)34(49)45-18-22)32(30)20-9-13-24(14-10-20)47(53)54/h1-18H,(H,44,48)(H,45,49). The minimum atomic E-state index is -5.06. The first kappa shape index (κ1) is 38.2. The molecule has 56 heavy (non-hydrogen) atoms. The monoisotopic (exact) mass is 778 g/mol. The molecule has 284 valence electrons. The van der Waals surface area contributed by atoms with Gasteiger partial charge in [0, 0.05) is 47.8 Å². The van der Waals surface area contributed by atoms with Crippen LogP contribution >= 0.6 is 0 Å². The summed E-state index contributed by atoms with van der Waals surface area (Å²) in [6, 6.07) is 18.1. The van der Waals surface area contributed by atoms with Crippen LogP contribution in [0.4, 0.5) is 42.5 Å². The van der Waals surface area contributed by atoms with E-state index in [-0.39, 0.29) is 67.4 Å². The molecule has 0 atom stereocenters. The molecule has 0 unspecified atom stereocenters. The lowest BCUT2D eigenvalue weighted by molar-refractivity contribution is -0.385. The van der Waals surface area contributed by atoms with E-state index >= 15 is 0 Å². The fraction of sp³-hybridized carbons (Fsp3) is 0.0541. The Morgan fingerprint density at radius 1 is 0.554 bits per heavy atom. The van der Waals surface area contributed by atoms with Gasteiger partial charge in [-0.1, -0.05) is 24.3 Å². The summed E-state index contributed by atoms with van der Waals surface area (Å²) < 4.78 is 93.4. The largest absolute Gasteiger partial charge is 0.519 e.